The minimum atomic E-state index is -2.80. The quantitative estimate of drug-likeness (QED) is 0.715. The zero-order valence-corrected chi connectivity index (χ0v) is 10.5. The Bertz CT molecular complexity index is 315. The Morgan fingerprint density at radius 1 is 1.47 bits per heavy atom. The van der Waals surface area contributed by atoms with Crippen molar-refractivity contribution in [1.82, 2.24) is 10.2 Å². The summed E-state index contributed by atoms with van der Waals surface area (Å²) in [6.07, 6.45) is 1.51. The van der Waals surface area contributed by atoms with Crippen LogP contribution >= 0.6 is 0 Å². The number of urea groups is 1. The molecule has 1 aliphatic rings. The normalized spacial score (nSPS) is 19.5. The van der Waals surface area contributed by atoms with E-state index in [0.29, 0.717) is 19.4 Å². The largest absolute Gasteiger partial charge is 0.481 e. The van der Waals surface area contributed by atoms with Gasteiger partial charge in [0, 0.05) is 19.6 Å². The Balaban J connectivity index is 2.20. The topological polar surface area (TPSA) is 78.9 Å². The second kappa shape index (κ2) is 7.88. The van der Waals surface area contributed by atoms with Crippen LogP contribution in [0.1, 0.15) is 19.3 Å². The van der Waals surface area contributed by atoms with E-state index in [0.717, 1.165) is 0 Å². The molecular weight excluding hydrogens is 262 g/mol. The molecule has 1 heterocycles. The van der Waals surface area contributed by atoms with Gasteiger partial charge in [0.25, 0.3) is 0 Å². The number of nitrogens with one attached hydrogen (secondary N) is 1. The maximum atomic E-state index is 11.7. The molecule has 1 saturated heterocycles. The number of carbonyl (C=O) groups excluding carboxylic acids is 1. The number of likely N-dealkylation sites (tertiary alicyclic amines) is 1. The second-order valence-corrected chi connectivity index (χ2v) is 4.34. The molecule has 1 atom stereocenters. The smallest absolute Gasteiger partial charge is 0.345 e. The summed E-state index contributed by atoms with van der Waals surface area (Å²) in [7, 11) is 0. The van der Waals surface area contributed by atoms with Crippen molar-refractivity contribution in [3.8, 4) is 0 Å². The number of alkyl halides is 2. The average Bonchev–Trinajstić information content (AvgIpc) is 2.37. The van der Waals surface area contributed by atoms with Crippen molar-refractivity contribution < 1.29 is 28.2 Å². The summed E-state index contributed by atoms with van der Waals surface area (Å²) >= 11 is 0. The second-order valence-electron chi connectivity index (χ2n) is 4.34. The highest BCUT2D eigenvalue weighted by atomic mass is 19.3. The number of aliphatic carboxylic acids is 1. The van der Waals surface area contributed by atoms with Crippen LogP contribution in [0.5, 0.6) is 0 Å². The fourth-order valence-corrected chi connectivity index (χ4v) is 1.91. The number of carbonyl (C=O) groups is 2. The van der Waals surface area contributed by atoms with Gasteiger partial charge in [-0.3, -0.25) is 4.79 Å². The molecule has 2 amide bonds. The molecule has 2 N–H and O–H groups in total. The van der Waals surface area contributed by atoms with E-state index in [1.807, 2.05) is 0 Å². The van der Waals surface area contributed by atoms with E-state index >= 15 is 0 Å². The molecular formula is C11H18F2N2O4. The predicted octanol–water partition coefficient (Wildman–Crippen LogP) is 1.12. The van der Waals surface area contributed by atoms with Gasteiger partial charge >= 0.3 is 18.6 Å². The van der Waals surface area contributed by atoms with Crippen LogP contribution in [0, 0.1) is 5.92 Å². The number of hydrogen-bond donors (Lipinski definition) is 2. The van der Waals surface area contributed by atoms with E-state index in [-0.39, 0.29) is 32.1 Å². The van der Waals surface area contributed by atoms with Crippen LogP contribution in [0.25, 0.3) is 0 Å². The SMILES string of the molecule is O=C(O)C1CCCN(C(=O)NCCCOC(F)F)C1. The van der Waals surface area contributed by atoms with E-state index in [1.54, 1.807) is 0 Å². The molecule has 110 valence electrons. The first kappa shape index (κ1) is 15.6. The molecule has 0 aromatic carbocycles. The third kappa shape index (κ3) is 5.82. The number of amides is 2. The Morgan fingerprint density at radius 2 is 2.21 bits per heavy atom. The minimum Gasteiger partial charge on any atom is -0.481 e. The molecule has 6 nitrogen and oxygen atoms in total. The van der Waals surface area contributed by atoms with Gasteiger partial charge in [0.1, 0.15) is 0 Å². The molecule has 0 aromatic heterocycles. The summed E-state index contributed by atoms with van der Waals surface area (Å²) in [4.78, 5) is 24.0. The molecule has 1 aliphatic heterocycles. The van der Waals surface area contributed by atoms with Crippen LogP contribution in [0.3, 0.4) is 0 Å². The third-order valence-electron chi connectivity index (χ3n) is 2.90. The van der Waals surface area contributed by atoms with Crippen molar-refractivity contribution in [2.24, 2.45) is 5.92 Å². The van der Waals surface area contributed by atoms with Crippen molar-refractivity contribution in [3.63, 3.8) is 0 Å². The van der Waals surface area contributed by atoms with Crippen molar-refractivity contribution in [3.05, 3.63) is 0 Å². The summed E-state index contributed by atoms with van der Waals surface area (Å²) in [5.74, 6) is -1.43. The van der Waals surface area contributed by atoms with Gasteiger partial charge in [-0.25, -0.2) is 4.79 Å². The number of halogens is 2. The molecule has 0 bridgehead atoms. The number of carboxylic acid groups (broad SMARTS) is 1. The van der Waals surface area contributed by atoms with Gasteiger partial charge in [-0.05, 0) is 19.3 Å². The van der Waals surface area contributed by atoms with Crippen molar-refractivity contribution in [2.75, 3.05) is 26.2 Å². The lowest BCUT2D eigenvalue weighted by atomic mass is 9.99. The monoisotopic (exact) mass is 280 g/mol. The van der Waals surface area contributed by atoms with Crippen LogP contribution in [0.2, 0.25) is 0 Å². The van der Waals surface area contributed by atoms with Gasteiger partial charge in [-0.15, -0.1) is 0 Å². The summed E-state index contributed by atoms with van der Waals surface area (Å²) in [6, 6.07) is -0.358. The Morgan fingerprint density at radius 3 is 2.84 bits per heavy atom. The highest BCUT2D eigenvalue weighted by Gasteiger charge is 2.27. The standard InChI is InChI=1S/C11H18F2N2O4/c12-10(13)19-6-2-4-14-11(18)15-5-1-3-8(7-15)9(16)17/h8,10H,1-7H2,(H,14,18)(H,16,17). The molecule has 0 aliphatic carbocycles. The van der Waals surface area contributed by atoms with Crippen LogP contribution in [-0.2, 0) is 9.53 Å². The fraction of sp³-hybridized carbons (Fsp3) is 0.818. The third-order valence-corrected chi connectivity index (χ3v) is 2.90. The zero-order valence-electron chi connectivity index (χ0n) is 10.5. The van der Waals surface area contributed by atoms with Gasteiger partial charge in [0.2, 0.25) is 0 Å². The van der Waals surface area contributed by atoms with Gasteiger partial charge in [-0.2, -0.15) is 8.78 Å². The predicted molar refractivity (Wildman–Crippen MR) is 61.9 cm³/mol. The van der Waals surface area contributed by atoms with Crippen LogP contribution < -0.4 is 5.32 Å². The van der Waals surface area contributed by atoms with E-state index in [2.05, 4.69) is 10.1 Å². The summed E-state index contributed by atoms with van der Waals surface area (Å²) in [5.41, 5.74) is 0. The number of nitrogens with zero attached hydrogens (tertiary/aromatic N) is 1. The Hall–Kier alpha value is -1.44. The van der Waals surface area contributed by atoms with E-state index in [4.69, 9.17) is 5.11 Å². The van der Waals surface area contributed by atoms with Crippen molar-refractivity contribution in [1.29, 1.82) is 0 Å². The first-order chi connectivity index (χ1) is 9.00. The molecule has 1 fully saturated rings. The van der Waals surface area contributed by atoms with Gasteiger partial charge in [0.05, 0.1) is 12.5 Å². The van der Waals surface area contributed by atoms with Crippen LogP contribution in [0.15, 0.2) is 0 Å². The van der Waals surface area contributed by atoms with Gasteiger partial charge in [0.15, 0.2) is 0 Å². The lowest BCUT2D eigenvalue weighted by Crippen LogP contribution is -2.47. The van der Waals surface area contributed by atoms with Gasteiger partial charge in [-0.1, -0.05) is 0 Å². The average molecular weight is 280 g/mol. The van der Waals surface area contributed by atoms with Crippen molar-refractivity contribution >= 4 is 12.0 Å². The molecule has 0 spiro atoms. The number of piperidine rings is 1. The Labute approximate surface area is 109 Å². The minimum absolute atomic E-state index is 0.129. The number of ether oxygens (including phenoxy) is 1. The van der Waals surface area contributed by atoms with Crippen LogP contribution in [0.4, 0.5) is 13.6 Å². The van der Waals surface area contributed by atoms with E-state index in [9.17, 15) is 18.4 Å². The number of hydrogen-bond acceptors (Lipinski definition) is 3. The molecule has 0 aromatic rings. The fourth-order valence-electron chi connectivity index (χ4n) is 1.91. The molecule has 1 rings (SSSR count). The number of carboxylic acids is 1. The molecule has 8 heteroatoms. The lowest BCUT2D eigenvalue weighted by Gasteiger charge is -2.30. The molecule has 19 heavy (non-hydrogen) atoms. The molecule has 0 saturated carbocycles. The van der Waals surface area contributed by atoms with E-state index < -0.39 is 18.5 Å². The maximum Gasteiger partial charge on any atom is 0.345 e. The summed E-state index contributed by atoms with van der Waals surface area (Å²) in [6.45, 7) is -2.00. The van der Waals surface area contributed by atoms with Gasteiger partial charge < -0.3 is 20.1 Å². The highest BCUT2D eigenvalue weighted by molar-refractivity contribution is 5.76. The highest BCUT2D eigenvalue weighted by Crippen LogP contribution is 2.16. The van der Waals surface area contributed by atoms with E-state index in [1.165, 1.54) is 4.90 Å². The maximum absolute atomic E-state index is 11.7. The van der Waals surface area contributed by atoms with Crippen LogP contribution in [-0.4, -0.2) is 54.9 Å². The first-order valence-corrected chi connectivity index (χ1v) is 6.16. The van der Waals surface area contributed by atoms with Crippen molar-refractivity contribution in [2.45, 2.75) is 25.9 Å². The summed E-state index contributed by atoms with van der Waals surface area (Å²) in [5, 5.41) is 11.4. The summed E-state index contributed by atoms with van der Waals surface area (Å²) < 4.78 is 27.4. The Kier molecular flexibility index (Phi) is 6.48. The first-order valence-electron chi connectivity index (χ1n) is 6.16. The lowest BCUT2D eigenvalue weighted by molar-refractivity contribution is -0.143. The molecule has 0 radical (unpaired) electrons. The number of rotatable bonds is 6. The molecule has 1 unspecified atom stereocenters. The zero-order chi connectivity index (χ0) is 14.3.